The van der Waals surface area contributed by atoms with Gasteiger partial charge >= 0.3 is 0 Å². The summed E-state index contributed by atoms with van der Waals surface area (Å²) in [7, 11) is 0. The molecular formula is C11H10N3O. The zero-order chi connectivity index (χ0) is 10.7. The van der Waals surface area contributed by atoms with Crippen molar-refractivity contribution in [3.05, 3.63) is 55.2 Å². The zero-order valence-electron chi connectivity index (χ0n) is 8.13. The van der Waals surface area contributed by atoms with Crippen LogP contribution in [0, 0.1) is 6.92 Å². The summed E-state index contributed by atoms with van der Waals surface area (Å²) in [6.45, 7) is 3.97. The number of hydrogen-bond acceptors (Lipinski definition) is 3. The van der Waals surface area contributed by atoms with E-state index in [4.69, 9.17) is 0 Å². The molecule has 0 aliphatic heterocycles. The van der Waals surface area contributed by atoms with Gasteiger partial charge in [-0.25, -0.2) is 4.98 Å². The van der Waals surface area contributed by atoms with Crippen molar-refractivity contribution in [2.75, 3.05) is 0 Å². The smallest absolute Gasteiger partial charge is 0.163 e. The van der Waals surface area contributed by atoms with Crippen LogP contribution in [0.2, 0.25) is 0 Å². The minimum absolute atomic E-state index is 0.190. The number of nitrogens with zero attached hydrogens (tertiary/aromatic N) is 3. The molecule has 2 aromatic heterocycles. The van der Waals surface area contributed by atoms with Crippen LogP contribution in [0.3, 0.4) is 0 Å². The summed E-state index contributed by atoms with van der Waals surface area (Å²) in [6, 6.07) is 3.40. The maximum Gasteiger partial charge on any atom is 0.163 e. The standard InChI is InChI=1S/C11H10N3O/c1-9(15)10-2-3-13-11(6-10)7-14-5-4-12-8-14/h2-6,8H,1,7H2. The number of Topliss-reactive ketones (excluding diaryl/α,β-unsaturated/α-hetero) is 1. The Kier molecular flexibility index (Phi) is 2.58. The molecule has 4 heteroatoms. The summed E-state index contributed by atoms with van der Waals surface area (Å²) in [4.78, 5) is 19.1. The van der Waals surface area contributed by atoms with Gasteiger partial charge in [0, 0.05) is 31.1 Å². The normalized spacial score (nSPS) is 10.2. The number of imidazole rings is 1. The summed E-state index contributed by atoms with van der Waals surface area (Å²) in [5.41, 5.74) is 1.41. The number of carbonyl (C=O) groups is 1. The van der Waals surface area contributed by atoms with Gasteiger partial charge in [0.2, 0.25) is 0 Å². The molecule has 0 atom stereocenters. The quantitative estimate of drug-likeness (QED) is 0.702. The number of pyridine rings is 1. The summed E-state index contributed by atoms with van der Waals surface area (Å²) >= 11 is 0. The Labute approximate surface area is 87.6 Å². The fourth-order valence-corrected chi connectivity index (χ4v) is 1.31. The SMILES string of the molecule is [CH2]C(=O)c1ccnc(Cn2ccnc2)c1. The van der Waals surface area contributed by atoms with Gasteiger partial charge in [-0.3, -0.25) is 9.78 Å². The van der Waals surface area contributed by atoms with E-state index in [1.807, 2.05) is 10.8 Å². The van der Waals surface area contributed by atoms with Gasteiger partial charge in [-0.15, -0.1) is 0 Å². The first-order valence-electron chi connectivity index (χ1n) is 4.52. The fraction of sp³-hybridized carbons (Fsp3) is 0.0909. The fourth-order valence-electron chi connectivity index (χ4n) is 1.31. The molecule has 0 aromatic carbocycles. The van der Waals surface area contributed by atoms with Crippen LogP contribution < -0.4 is 0 Å². The van der Waals surface area contributed by atoms with Gasteiger partial charge in [-0.2, -0.15) is 0 Å². The molecule has 0 N–H and O–H groups in total. The Morgan fingerprint density at radius 2 is 2.33 bits per heavy atom. The van der Waals surface area contributed by atoms with Crippen molar-refractivity contribution in [1.82, 2.24) is 14.5 Å². The van der Waals surface area contributed by atoms with E-state index in [1.54, 1.807) is 30.9 Å². The van der Waals surface area contributed by atoms with E-state index in [0.29, 0.717) is 12.1 Å². The van der Waals surface area contributed by atoms with E-state index in [2.05, 4.69) is 16.9 Å². The lowest BCUT2D eigenvalue weighted by atomic mass is 10.1. The van der Waals surface area contributed by atoms with Crippen LogP contribution >= 0.6 is 0 Å². The summed E-state index contributed by atoms with van der Waals surface area (Å²) in [5, 5.41) is 0. The number of ketones is 1. The number of rotatable bonds is 3. The van der Waals surface area contributed by atoms with Crippen LogP contribution in [0.15, 0.2) is 37.1 Å². The zero-order valence-corrected chi connectivity index (χ0v) is 8.13. The predicted octanol–water partition coefficient (Wildman–Crippen LogP) is 1.34. The molecule has 0 saturated heterocycles. The van der Waals surface area contributed by atoms with Crippen LogP contribution in [0.4, 0.5) is 0 Å². The predicted molar refractivity (Wildman–Crippen MR) is 55.3 cm³/mol. The third-order valence-corrected chi connectivity index (χ3v) is 2.04. The second-order valence-corrected chi connectivity index (χ2v) is 3.19. The van der Waals surface area contributed by atoms with Crippen LogP contribution in [-0.4, -0.2) is 20.3 Å². The average molecular weight is 200 g/mol. The highest BCUT2D eigenvalue weighted by Gasteiger charge is 2.01. The highest BCUT2D eigenvalue weighted by atomic mass is 16.1. The van der Waals surface area contributed by atoms with Crippen LogP contribution in [0.25, 0.3) is 0 Å². The third-order valence-electron chi connectivity index (χ3n) is 2.04. The van der Waals surface area contributed by atoms with Crippen LogP contribution in [-0.2, 0) is 6.54 Å². The molecule has 2 heterocycles. The van der Waals surface area contributed by atoms with Crippen molar-refractivity contribution in [3.8, 4) is 0 Å². The molecule has 75 valence electrons. The van der Waals surface area contributed by atoms with Crippen LogP contribution in [0.5, 0.6) is 0 Å². The number of hydrogen-bond donors (Lipinski definition) is 0. The molecule has 2 rings (SSSR count). The van der Waals surface area contributed by atoms with Crippen molar-refractivity contribution in [2.45, 2.75) is 6.54 Å². The minimum Gasteiger partial charge on any atom is -0.331 e. The van der Waals surface area contributed by atoms with E-state index in [-0.39, 0.29) is 5.78 Å². The molecule has 4 nitrogen and oxygen atoms in total. The van der Waals surface area contributed by atoms with Gasteiger partial charge < -0.3 is 4.57 Å². The molecule has 0 aliphatic carbocycles. The molecule has 0 bridgehead atoms. The molecule has 0 unspecified atom stereocenters. The van der Waals surface area contributed by atoms with Gasteiger partial charge in [0.1, 0.15) is 0 Å². The lowest BCUT2D eigenvalue weighted by molar-refractivity contribution is 0.104. The second kappa shape index (κ2) is 4.04. The van der Waals surface area contributed by atoms with E-state index in [9.17, 15) is 4.79 Å². The Hall–Kier alpha value is -1.97. The monoisotopic (exact) mass is 200 g/mol. The molecule has 1 radical (unpaired) electrons. The van der Waals surface area contributed by atoms with Gasteiger partial charge in [0.25, 0.3) is 0 Å². The van der Waals surface area contributed by atoms with Crippen LogP contribution in [0.1, 0.15) is 16.1 Å². The lowest BCUT2D eigenvalue weighted by Crippen LogP contribution is -2.01. The van der Waals surface area contributed by atoms with Gasteiger partial charge in [-0.05, 0) is 12.1 Å². The Bertz CT molecular complexity index is 462. The largest absolute Gasteiger partial charge is 0.331 e. The molecule has 15 heavy (non-hydrogen) atoms. The van der Waals surface area contributed by atoms with Crippen molar-refractivity contribution in [3.63, 3.8) is 0 Å². The maximum absolute atomic E-state index is 11.0. The van der Waals surface area contributed by atoms with Gasteiger partial charge in [-0.1, -0.05) is 0 Å². The summed E-state index contributed by atoms with van der Waals surface area (Å²) in [6.07, 6.45) is 6.88. The highest BCUT2D eigenvalue weighted by Crippen LogP contribution is 2.04. The Morgan fingerprint density at radius 3 is 3.00 bits per heavy atom. The van der Waals surface area contributed by atoms with Gasteiger partial charge in [0.15, 0.2) is 5.78 Å². The molecule has 0 aliphatic rings. The van der Waals surface area contributed by atoms with Crippen molar-refractivity contribution >= 4 is 5.78 Å². The maximum atomic E-state index is 11.0. The molecule has 2 aromatic rings. The van der Waals surface area contributed by atoms with Gasteiger partial charge in [0.05, 0.1) is 18.6 Å². The third kappa shape index (κ3) is 2.28. The van der Waals surface area contributed by atoms with Crippen molar-refractivity contribution in [2.24, 2.45) is 0 Å². The number of carbonyl (C=O) groups excluding carboxylic acids is 1. The number of aromatic nitrogens is 3. The van der Waals surface area contributed by atoms with E-state index < -0.39 is 0 Å². The van der Waals surface area contributed by atoms with E-state index in [0.717, 1.165) is 5.69 Å². The van der Waals surface area contributed by atoms with E-state index >= 15 is 0 Å². The Morgan fingerprint density at radius 1 is 1.47 bits per heavy atom. The first kappa shape index (κ1) is 9.58. The molecule has 0 spiro atoms. The summed E-state index contributed by atoms with van der Waals surface area (Å²) in [5.74, 6) is -0.190. The topological polar surface area (TPSA) is 47.8 Å². The first-order valence-corrected chi connectivity index (χ1v) is 4.52. The minimum atomic E-state index is -0.190. The Balaban J connectivity index is 2.22. The highest BCUT2D eigenvalue weighted by molar-refractivity contribution is 5.99. The molecular weight excluding hydrogens is 190 g/mol. The molecule has 0 fully saturated rings. The first-order chi connectivity index (χ1) is 7.25. The molecule has 0 amide bonds. The summed E-state index contributed by atoms with van der Waals surface area (Å²) < 4.78 is 1.89. The van der Waals surface area contributed by atoms with E-state index in [1.165, 1.54) is 0 Å². The van der Waals surface area contributed by atoms with Crippen molar-refractivity contribution < 1.29 is 4.79 Å². The lowest BCUT2D eigenvalue weighted by Gasteiger charge is -2.02. The molecule has 0 saturated carbocycles. The average Bonchev–Trinajstić information content (AvgIpc) is 2.71. The second-order valence-electron chi connectivity index (χ2n) is 3.19. The van der Waals surface area contributed by atoms with Crippen molar-refractivity contribution in [1.29, 1.82) is 0 Å².